The van der Waals surface area contributed by atoms with Crippen LogP contribution in [0.25, 0.3) is 10.2 Å². The average molecular weight is 690 g/mol. The van der Waals surface area contributed by atoms with Gasteiger partial charge in [0.2, 0.25) is 5.91 Å². The minimum absolute atomic E-state index is 0.0382. The number of carbonyl (C=O) groups excluding carboxylic acids is 1. The fourth-order valence-corrected chi connectivity index (χ4v) is 6.99. The molecule has 48 heavy (non-hydrogen) atoms. The zero-order valence-electron chi connectivity index (χ0n) is 26.8. The number of fused-ring (bicyclic) bond motifs is 1. The lowest BCUT2D eigenvalue weighted by Gasteiger charge is -2.30. The van der Waals surface area contributed by atoms with E-state index in [1.54, 1.807) is 13.1 Å². The lowest BCUT2D eigenvalue weighted by Crippen LogP contribution is -2.34. The number of thiazole rings is 2. The molecule has 0 atom stereocenters. The summed E-state index contributed by atoms with van der Waals surface area (Å²) < 4.78 is 21.3. The number of hydrogen-bond acceptors (Lipinski definition) is 11. The first-order valence-electron chi connectivity index (χ1n) is 15.2. The number of amides is 1. The second kappa shape index (κ2) is 15.2. The molecule has 1 aliphatic rings. The molecule has 11 nitrogen and oxygen atoms in total. The number of halogens is 1. The zero-order valence-corrected chi connectivity index (χ0v) is 28.4. The minimum atomic E-state index is -1.13. The molecule has 0 bridgehead atoms. The molecular formula is C34H36FN7O4S2. The van der Waals surface area contributed by atoms with Gasteiger partial charge in [-0.05, 0) is 74.1 Å². The van der Waals surface area contributed by atoms with Gasteiger partial charge in [0.25, 0.3) is 0 Å². The van der Waals surface area contributed by atoms with Crippen LogP contribution in [-0.4, -0.2) is 58.6 Å². The molecule has 250 valence electrons. The number of nitrogens with zero attached hydrogens (tertiary/aromatic N) is 4. The van der Waals surface area contributed by atoms with Gasteiger partial charge in [-0.25, -0.2) is 19.2 Å². The normalized spacial score (nSPS) is 13.5. The molecule has 2 aromatic carbocycles. The number of carboxylic acid groups (broad SMARTS) is 1. The molecule has 0 saturated heterocycles. The number of allylic oxidation sites excluding steroid dienone is 2. The number of rotatable bonds is 11. The van der Waals surface area contributed by atoms with E-state index in [4.69, 9.17) is 16.2 Å². The zero-order chi connectivity index (χ0) is 34.4. The highest BCUT2D eigenvalue weighted by atomic mass is 32.1. The Morgan fingerprint density at radius 3 is 2.71 bits per heavy atom. The fraction of sp³-hybridized carbons (Fsp3) is 0.294. The van der Waals surface area contributed by atoms with Gasteiger partial charge in [-0.1, -0.05) is 35.3 Å². The van der Waals surface area contributed by atoms with E-state index in [0.29, 0.717) is 58.2 Å². The number of aromatic carboxylic acids is 1. The lowest BCUT2D eigenvalue weighted by atomic mass is 9.99. The van der Waals surface area contributed by atoms with E-state index < -0.39 is 11.8 Å². The Morgan fingerprint density at radius 1 is 1.19 bits per heavy atom. The van der Waals surface area contributed by atoms with Gasteiger partial charge in [0.1, 0.15) is 11.6 Å². The standard InChI is InChI=1S/C34H36FN7O4S2/c1-20(30(36)40-33-38-25-11-4-5-12-27(25)47-33)23-10-7-17-42(31(23)37)34-39-29(32(44)45)28(48-34)13-8-18-46-26-15-14-22(19-24(26)35)9-6-16-41(3)21(2)43/h4-5,11-12,14-15,19H,7-8,10,13,16-18,36-37H2,1-3H3,(H,38,40)(H,44,45)/b30-20+. The van der Waals surface area contributed by atoms with Gasteiger partial charge >= 0.3 is 5.97 Å². The molecule has 0 spiro atoms. The van der Waals surface area contributed by atoms with Gasteiger partial charge in [-0.3, -0.25) is 4.79 Å². The maximum atomic E-state index is 14.6. The smallest absolute Gasteiger partial charge is 0.355 e. The van der Waals surface area contributed by atoms with Crippen LogP contribution in [0.2, 0.25) is 0 Å². The van der Waals surface area contributed by atoms with Crippen LogP contribution in [-0.2, 0) is 11.2 Å². The fourth-order valence-electron chi connectivity index (χ4n) is 4.97. The van der Waals surface area contributed by atoms with Crippen LogP contribution in [0.4, 0.5) is 14.7 Å². The van der Waals surface area contributed by atoms with Crippen LogP contribution in [0.3, 0.4) is 0 Å². The minimum Gasteiger partial charge on any atom is -0.491 e. The molecule has 6 N–H and O–H groups in total. The van der Waals surface area contributed by atoms with Crippen LogP contribution in [0.1, 0.15) is 54.0 Å². The van der Waals surface area contributed by atoms with Crippen LogP contribution >= 0.6 is 22.7 Å². The predicted molar refractivity (Wildman–Crippen MR) is 187 cm³/mol. The Labute approximate surface area is 285 Å². The quantitative estimate of drug-likeness (QED) is 0.117. The summed E-state index contributed by atoms with van der Waals surface area (Å²) in [6.45, 7) is 4.33. The molecule has 1 amide bonds. The van der Waals surface area contributed by atoms with Crippen LogP contribution in [0, 0.1) is 17.7 Å². The van der Waals surface area contributed by atoms with Gasteiger partial charge in [0.05, 0.1) is 23.4 Å². The number of benzene rings is 2. The monoisotopic (exact) mass is 689 g/mol. The molecule has 2 aromatic heterocycles. The van der Waals surface area contributed by atoms with Gasteiger partial charge < -0.3 is 36.4 Å². The number of carboxylic acids is 1. The second-order valence-corrected chi connectivity index (χ2v) is 13.2. The maximum Gasteiger partial charge on any atom is 0.355 e. The van der Waals surface area contributed by atoms with Crippen molar-refractivity contribution in [2.24, 2.45) is 11.5 Å². The van der Waals surface area contributed by atoms with Crippen molar-refractivity contribution in [3.63, 3.8) is 0 Å². The topological polar surface area (TPSA) is 160 Å². The van der Waals surface area contributed by atoms with Crippen molar-refractivity contribution in [2.75, 3.05) is 37.0 Å². The molecule has 0 aliphatic carbocycles. The summed E-state index contributed by atoms with van der Waals surface area (Å²) in [7, 11) is 1.64. The summed E-state index contributed by atoms with van der Waals surface area (Å²) in [6.07, 6.45) is 2.29. The lowest BCUT2D eigenvalue weighted by molar-refractivity contribution is -0.126. The summed E-state index contributed by atoms with van der Waals surface area (Å²) in [5, 5.41) is 14.3. The Kier molecular flexibility index (Phi) is 10.8. The summed E-state index contributed by atoms with van der Waals surface area (Å²) in [5.74, 6) is 4.86. The average Bonchev–Trinajstić information content (AvgIpc) is 3.67. The Balaban J connectivity index is 1.24. The first-order chi connectivity index (χ1) is 23.0. The Morgan fingerprint density at radius 2 is 1.98 bits per heavy atom. The number of carbonyl (C=O) groups is 2. The first-order valence-corrected chi connectivity index (χ1v) is 16.9. The molecule has 5 rings (SSSR count). The third-order valence-electron chi connectivity index (χ3n) is 7.74. The third kappa shape index (κ3) is 8.04. The van der Waals surface area contributed by atoms with Crippen molar-refractivity contribution >= 4 is 55.0 Å². The molecule has 0 saturated carbocycles. The van der Waals surface area contributed by atoms with Crippen LogP contribution in [0.15, 0.2) is 65.3 Å². The van der Waals surface area contributed by atoms with Gasteiger partial charge in [-0.15, -0.1) is 11.3 Å². The van der Waals surface area contributed by atoms with E-state index in [2.05, 4.69) is 27.1 Å². The molecule has 3 heterocycles. The second-order valence-electron chi connectivity index (χ2n) is 11.1. The van der Waals surface area contributed by atoms with Crippen LogP contribution < -0.4 is 26.4 Å². The number of ether oxygens (including phenoxy) is 1. The molecule has 1 aliphatic heterocycles. The summed E-state index contributed by atoms with van der Waals surface area (Å²) >= 11 is 2.77. The molecular weight excluding hydrogens is 654 g/mol. The van der Waals surface area contributed by atoms with Gasteiger partial charge in [-0.2, -0.15) is 0 Å². The number of aromatic nitrogens is 2. The van der Waals surface area contributed by atoms with Crippen molar-refractivity contribution < 1.29 is 23.8 Å². The van der Waals surface area contributed by atoms with E-state index in [1.807, 2.05) is 36.1 Å². The largest absolute Gasteiger partial charge is 0.491 e. The van der Waals surface area contributed by atoms with Crippen molar-refractivity contribution in [3.05, 3.63) is 87.2 Å². The highest BCUT2D eigenvalue weighted by molar-refractivity contribution is 7.22. The van der Waals surface area contributed by atoms with Gasteiger partial charge in [0.15, 0.2) is 27.5 Å². The molecule has 0 fully saturated rings. The molecule has 14 heteroatoms. The number of para-hydroxylation sites is 1. The molecule has 0 radical (unpaired) electrons. The van der Waals surface area contributed by atoms with E-state index in [9.17, 15) is 19.1 Å². The van der Waals surface area contributed by atoms with Crippen LogP contribution in [0.5, 0.6) is 5.75 Å². The highest BCUT2D eigenvalue weighted by Gasteiger charge is 2.26. The van der Waals surface area contributed by atoms with Crippen molar-refractivity contribution in [1.82, 2.24) is 14.9 Å². The number of nitrogens with one attached hydrogen (secondary N) is 1. The van der Waals surface area contributed by atoms with Crippen molar-refractivity contribution in [1.29, 1.82) is 0 Å². The predicted octanol–water partition coefficient (Wildman–Crippen LogP) is 5.50. The van der Waals surface area contributed by atoms with Crippen molar-refractivity contribution in [2.45, 2.75) is 39.5 Å². The number of hydrogen-bond donors (Lipinski definition) is 4. The Hall–Kier alpha value is -5.13. The number of aryl methyl sites for hydroxylation is 1. The summed E-state index contributed by atoms with van der Waals surface area (Å²) in [4.78, 5) is 36.3. The Bertz CT molecular complexity index is 1940. The van der Waals surface area contributed by atoms with E-state index in [1.165, 1.54) is 46.6 Å². The maximum absolute atomic E-state index is 14.6. The molecule has 4 aromatic rings. The first kappa shape index (κ1) is 34.2. The van der Waals surface area contributed by atoms with E-state index in [0.717, 1.165) is 27.8 Å². The van der Waals surface area contributed by atoms with E-state index in [-0.39, 0.29) is 30.5 Å². The van der Waals surface area contributed by atoms with Gasteiger partial charge in [0, 0.05) is 31.0 Å². The molecule has 0 unspecified atom stereocenters. The van der Waals surface area contributed by atoms with E-state index >= 15 is 0 Å². The highest BCUT2D eigenvalue weighted by Crippen LogP contribution is 2.35. The number of nitrogens with two attached hydrogens (primary N) is 2. The summed E-state index contributed by atoms with van der Waals surface area (Å²) in [5.41, 5.74) is 16.1. The summed E-state index contributed by atoms with van der Waals surface area (Å²) in [6, 6.07) is 12.3. The number of anilines is 2. The SMILES string of the molecule is CC(=O)N(C)CC#Cc1ccc(OCCCc2sc(N3CCCC(/C(C)=C(\N)Nc4nc5ccccc5s4)=C3N)nc2C(=O)O)c(F)c1. The third-order valence-corrected chi connectivity index (χ3v) is 9.83. The van der Waals surface area contributed by atoms with Crippen molar-refractivity contribution in [3.8, 4) is 17.6 Å².